The van der Waals surface area contributed by atoms with Crippen LogP contribution in [0, 0.1) is 0 Å². The molecule has 0 amide bonds. The molecule has 0 fully saturated rings. The largest absolute Gasteiger partial charge is 0.417 e. The van der Waals surface area contributed by atoms with Crippen LogP contribution in [0.1, 0.15) is 5.56 Å². The average molecular weight is 348 g/mol. The second kappa shape index (κ2) is 5.45. The van der Waals surface area contributed by atoms with Crippen LogP contribution in [0.3, 0.4) is 0 Å². The van der Waals surface area contributed by atoms with Gasteiger partial charge < -0.3 is 5.11 Å². The molecule has 0 spiro atoms. The molecule has 0 heterocycles. The molecule has 0 aliphatic heterocycles. The fourth-order valence-corrected chi connectivity index (χ4v) is 2.46. The maximum Gasteiger partial charge on any atom is 0.417 e. The third kappa shape index (κ3) is 4.14. The Morgan fingerprint density at radius 1 is 1.33 bits per heavy atom. The molecule has 102 valence electrons. The van der Waals surface area contributed by atoms with Crippen molar-refractivity contribution in [3.05, 3.63) is 28.2 Å². The van der Waals surface area contributed by atoms with Gasteiger partial charge in [0.05, 0.1) is 17.9 Å². The Bertz CT molecular complexity index is 530. The zero-order valence-corrected chi connectivity index (χ0v) is 11.2. The van der Waals surface area contributed by atoms with E-state index in [0.29, 0.717) is 6.07 Å². The number of rotatable bonds is 4. The normalized spacial score (nSPS) is 12.5. The van der Waals surface area contributed by atoms with Gasteiger partial charge in [0, 0.05) is 10.2 Å². The number of sulfonamides is 1. The van der Waals surface area contributed by atoms with Crippen molar-refractivity contribution in [2.45, 2.75) is 6.18 Å². The molecule has 0 atom stereocenters. The SMILES string of the molecule is O=S(=O)(CCO)Nc1ccc(Br)c(C(F)(F)F)c1. The molecule has 0 aromatic heterocycles. The predicted molar refractivity (Wildman–Crippen MR) is 63.6 cm³/mol. The van der Waals surface area contributed by atoms with Crippen molar-refractivity contribution in [2.24, 2.45) is 0 Å². The zero-order valence-electron chi connectivity index (χ0n) is 8.83. The van der Waals surface area contributed by atoms with Crippen LogP contribution in [-0.4, -0.2) is 25.9 Å². The standard InChI is InChI=1S/C9H9BrF3NO3S/c10-8-2-1-6(5-7(8)9(11,12)13)14-18(16,17)4-3-15/h1-2,5,14-15H,3-4H2. The number of benzene rings is 1. The smallest absolute Gasteiger partial charge is 0.395 e. The minimum atomic E-state index is -4.59. The summed E-state index contributed by atoms with van der Waals surface area (Å²) >= 11 is 2.74. The molecule has 1 rings (SSSR count). The molecule has 0 bridgehead atoms. The van der Waals surface area contributed by atoms with Crippen molar-refractivity contribution < 1.29 is 26.7 Å². The van der Waals surface area contributed by atoms with E-state index in [1.807, 2.05) is 4.72 Å². The summed E-state index contributed by atoms with van der Waals surface area (Å²) in [7, 11) is -3.84. The highest BCUT2D eigenvalue weighted by Crippen LogP contribution is 2.36. The summed E-state index contributed by atoms with van der Waals surface area (Å²) in [4.78, 5) is 0. The van der Waals surface area contributed by atoms with Crippen molar-refractivity contribution in [2.75, 3.05) is 17.1 Å². The summed E-state index contributed by atoms with van der Waals surface area (Å²) in [6.07, 6.45) is -4.59. The zero-order chi connectivity index (χ0) is 14.0. The lowest BCUT2D eigenvalue weighted by atomic mass is 10.2. The van der Waals surface area contributed by atoms with Crippen LogP contribution in [0.5, 0.6) is 0 Å². The highest BCUT2D eigenvalue weighted by Gasteiger charge is 2.33. The van der Waals surface area contributed by atoms with E-state index >= 15 is 0 Å². The fourth-order valence-electron chi connectivity index (χ4n) is 1.16. The van der Waals surface area contributed by atoms with Crippen LogP contribution in [0.2, 0.25) is 0 Å². The van der Waals surface area contributed by atoms with Gasteiger partial charge in [0.15, 0.2) is 0 Å². The average Bonchev–Trinajstić information content (AvgIpc) is 2.18. The van der Waals surface area contributed by atoms with E-state index < -0.39 is 34.1 Å². The second-order valence-corrected chi connectivity index (χ2v) is 6.03. The van der Waals surface area contributed by atoms with Crippen LogP contribution in [-0.2, 0) is 16.2 Å². The van der Waals surface area contributed by atoms with Gasteiger partial charge in [0.1, 0.15) is 0 Å². The molecule has 18 heavy (non-hydrogen) atoms. The van der Waals surface area contributed by atoms with E-state index in [1.54, 1.807) is 0 Å². The molecular weight excluding hydrogens is 339 g/mol. The van der Waals surface area contributed by atoms with E-state index in [0.717, 1.165) is 6.07 Å². The minimum absolute atomic E-state index is 0.180. The van der Waals surface area contributed by atoms with Crippen molar-refractivity contribution in [3.8, 4) is 0 Å². The first-order chi connectivity index (χ1) is 8.15. The lowest BCUT2D eigenvalue weighted by molar-refractivity contribution is -0.138. The monoisotopic (exact) mass is 347 g/mol. The Morgan fingerprint density at radius 2 is 1.94 bits per heavy atom. The molecule has 2 N–H and O–H groups in total. The number of hydrogen-bond donors (Lipinski definition) is 2. The number of anilines is 1. The van der Waals surface area contributed by atoms with Gasteiger partial charge in [-0.05, 0) is 18.2 Å². The molecule has 0 saturated heterocycles. The lowest BCUT2D eigenvalue weighted by Gasteiger charge is -2.12. The molecule has 0 saturated carbocycles. The first-order valence-electron chi connectivity index (χ1n) is 4.64. The van der Waals surface area contributed by atoms with Crippen LogP contribution in [0.4, 0.5) is 18.9 Å². The van der Waals surface area contributed by atoms with E-state index in [2.05, 4.69) is 15.9 Å². The summed E-state index contributed by atoms with van der Waals surface area (Å²) in [5.74, 6) is -0.579. The number of alkyl halides is 3. The molecule has 4 nitrogen and oxygen atoms in total. The topological polar surface area (TPSA) is 66.4 Å². The van der Waals surface area contributed by atoms with Gasteiger partial charge in [-0.2, -0.15) is 13.2 Å². The van der Waals surface area contributed by atoms with E-state index in [4.69, 9.17) is 5.11 Å². The number of nitrogens with one attached hydrogen (secondary N) is 1. The van der Waals surface area contributed by atoms with Gasteiger partial charge in [-0.3, -0.25) is 4.72 Å². The van der Waals surface area contributed by atoms with E-state index in [-0.39, 0.29) is 10.2 Å². The van der Waals surface area contributed by atoms with Gasteiger partial charge in [-0.25, -0.2) is 8.42 Å². The van der Waals surface area contributed by atoms with Crippen molar-refractivity contribution in [1.29, 1.82) is 0 Å². The van der Waals surface area contributed by atoms with Gasteiger partial charge in [-0.15, -0.1) is 0 Å². The lowest BCUT2D eigenvalue weighted by Crippen LogP contribution is -2.19. The Hall–Kier alpha value is -0.800. The Kier molecular flexibility index (Phi) is 4.62. The molecular formula is C9H9BrF3NO3S. The van der Waals surface area contributed by atoms with E-state index in [1.165, 1.54) is 6.07 Å². The number of halogens is 4. The second-order valence-electron chi connectivity index (χ2n) is 3.34. The quantitative estimate of drug-likeness (QED) is 0.877. The van der Waals surface area contributed by atoms with Gasteiger partial charge in [0.25, 0.3) is 0 Å². The Balaban J connectivity index is 3.07. The third-order valence-corrected chi connectivity index (χ3v) is 3.86. The van der Waals surface area contributed by atoms with Gasteiger partial charge in [-0.1, -0.05) is 15.9 Å². The Labute approximate surface area is 110 Å². The summed E-state index contributed by atoms with van der Waals surface area (Å²) in [6, 6.07) is 2.97. The number of aliphatic hydroxyl groups is 1. The highest BCUT2D eigenvalue weighted by molar-refractivity contribution is 9.10. The fraction of sp³-hybridized carbons (Fsp3) is 0.333. The summed E-state index contributed by atoms with van der Waals surface area (Å²) in [5.41, 5.74) is -1.19. The highest BCUT2D eigenvalue weighted by atomic mass is 79.9. The first kappa shape index (κ1) is 15.3. The van der Waals surface area contributed by atoms with Crippen molar-refractivity contribution in [3.63, 3.8) is 0 Å². The minimum Gasteiger partial charge on any atom is -0.395 e. The molecule has 0 aliphatic carbocycles. The third-order valence-electron chi connectivity index (χ3n) is 1.91. The molecule has 0 aliphatic rings. The first-order valence-corrected chi connectivity index (χ1v) is 7.08. The number of aliphatic hydroxyl groups excluding tert-OH is 1. The van der Waals surface area contributed by atoms with E-state index in [9.17, 15) is 21.6 Å². The number of hydrogen-bond acceptors (Lipinski definition) is 3. The summed E-state index contributed by atoms with van der Waals surface area (Å²) in [6.45, 7) is -0.613. The van der Waals surface area contributed by atoms with Crippen LogP contribution in [0.15, 0.2) is 22.7 Å². The van der Waals surface area contributed by atoms with Crippen LogP contribution in [0.25, 0.3) is 0 Å². The summed E-state index contributed by atoms with van der Waals surface area (Å²) in [5, 5.41) is 8.50. The summed E-state index contributed by atoms with van der Waals surface area (Å²) < 4.78 is 62.0. The molecule has 0 radical (unpaired) electrons. The molecule has 0 unspecified atom stereocenters. The van der Waals surface area contributed by atoms with Crippen LogP contribution < -0.4 is 4.72 Å². The predicted octanol–water partition coefficient (Wildman–Crippen LogP) is 2.20. The molecule has 9 heteroatoms. The maximum absolute atomic E-state index is 12.6. The Morgan fingerprint density at radius 3 is 2.44 bits per heavy atom. The molecule has 1 aromatic rings. The van der Waals surface area contributed by atoms with Crippen molar-refractivity contribution >= 4 is 31.6 Å². The van der Waals surface area contributed by atoms with Gasteiger partial charge in [0.2, 0.25) is 10.0 Å². The van der Waals surface area contributed by atoms with Crippen LogP contribution >= 0.6 is 15.9 Å². The maximum atomic E-state index is 12.6. The molecule has 1 aromatic carbocycles. The van der Waals surface area contributed by atoms with Gasteiger partial charge >= 0.3 is 6.18 Å². The van der Waals surface area contributed by atoms with Crippen molar-refractivity contribution in [1.82, 2.24) is 0 Å².